The highest BCUT2D eigenvalue weighted by molar-refractivity contribution is 4.74. The minimum absolute atomic E-state index is 0.587. The Bertz CT molecular complexity index is 109. The molecule has 0 aromatic rings. The molecule has 0 aliphatic rings. The maximum atomic E-state index is 2.42. The van der Waals surface area contributed by atoms with E-state index >= 15 is 0 Å². The average Bonchev–Trinajstić information content (AvgIpc) is 2.04. The van der Waals surface area contributed by atoms with Crippen molar-refractivity contribution in [2.24, 2.45) is 17.3 Å². The Kier molecular flexibility index (Phi) is 4.89. The molecule has 0 heteroatoms. The van der Waals surface area contributed by atoms with Gasteiger partial charge in [-0.2, -0.15) is 0 Å². The van der Waals surface area contributed by atoms with E-state index in [4.69, 9.17) is 0 Å². The summed E-state index contributed by atoms with van der Waals surface area (Å²) in [6.45, 7) is 14.1. The summed E-state index contributed by atoms with van der Waals surface area (Å²) in [7, 11) is 0. The van der Waals surface area contributed by atoms with Gasteiger partial charge in [0.15, 0.2) is 0 Å². The lowest BCUT2D eigenvalue weighted by molar-refractivity contribution is 0.200. The van der Waals surface area contributed by atoms with Crippen LogP contribution in [0.4, 0.5) is 0 Å². The van der Waals surface area contributed by atoms with E-state index in [9.17, 15) is 0 Å². The molecule has 0 spiro atoms. The fourth-order valence-electron chi connectivity index (χ4n) is 1.55. The van der Waals surface area contributed by atoms with Gasteiger partial charge in [-0.05, 0) is 23.7 Å². The molecule has 0 aromatic heterocycles. The molecule has 0 amide bonds. The van der Waals surface area contributed by atoms with Crippen molar-refractivity contribution < 1.29 is 0 Å². The Morgan fingerprint density at radius 2 is 1.42 bits per heavy atom. The van der Waals surface area contributed by atoms with E-state index in [2.05, 4.69) is 41.5 Å². The molecule has 1 atom stereocenters. The largest absolute Gasteiger partial charge is 0.0649 e. The molecule has 0 nitrogen and oxygen atoms in total. The second-order valence-electron chi connectivity index (χ2n) is 4.94. The third-order valence-electron chi connectivity index (χ3n) is 3.66. The van der Waals surface area contributed by atoms with E-state index in [-0.39, 0.29) is 0 Å². The molecule has 0 aliphatic carbocycles. The molecule has 74 valence electrons. The lowest BCUT2D eigenvalue weighted by atomic mass is 9.74. The molecular weight excluding hydrogens is 144 g/mol. The molecule has 0 aliphatic heterocycles. The van der Waals surface area contributed by atoms with Gasteiger partial charge in [0.05, 0.1) is 0 Å². The van der Waals surface area contributed by atoms with Gasteiger partial charge < -0.3 is 0 Å². The summed E-state index contributed by atoms with van der Waals surface area (Å²) < 4.78 is 0. The van der Waals surface area contributed by atoms with Crippen LogP contribution in [0.3, 0.4) is 0 Å². The molecule has 0 saturated heterocycles. The number of rotatable bonds is 5. The summed E-state index contributed by atoms with van der Waals surface area (Å²) in [4.78, 5) is 0. The summed E-state index contributed by atoms with van der Waals surface area (Å²) in [6.07, 6.45) is 4.03. The first-order valence-electron chi connectivity index (χ1n) is 5.45. The van der Waals surface area contributed by atoms with Crippen LogP contribution in [0.1, 0.15) is 60.8 Å². The van der Waals surface area contributed by atoms with E-state index in [1.54, 1.807) is 0 Å². The van der Waals surface area contributed by atoms with Gasteiger partial charge in [0.1, 0.15) is 0 Å². The van der Waals surface area contributed by atoms with Gasteiger partial charge in [-0.1, -0.05) is 54.4 Å². The SMILES string of the molecule is CCC(C)(CC)CC(C)C(C)C. The van der Waals surface area contributed by atoms with Crippen LogP contribution in [0, 0.1) is 17.3 Å². The quantitative estimate of drug-likeness (QED) is 0.570. The first-order chi connectivity index (χ1) is 5.45. The van der Waals surface area contributed by atoms with Gasteiger partial charge >= 0.3 is 0 Å². The van der Waals surface area contributed by atoms with Gasteiger partial charge in [0.2, 0.25) is 0 Å². The molecule has 0 radical (unpaired) electrons. The molecule has 0 N–H and O–H groups in total. The zero-order valence-electron chi connectivity index (χ0n) is 9.78. The lowest BCUT2D eigenvalue weighted by Gasteiger charge is -2.31. The fourth-order valence-corrected chi connectivity index (χ4v) is 1.55. The monoisotopic (exact) mass is 170 g/mol. The van der Waals surface area contributed by atoms with Crippen molar-refractivity contribution in [1.29, 1.82) is 0 Å². The van der Waals surface area contributed by atoms with E-state index in [1.807, 2.05) is 0 Å². The smallest absolute Gasteiger partial charge is 0.0328 e. The van der Waals surface area contributed by atoms with Crippen LogP contribution in [0.5, 0.6) is 0 Å². The highest BCUT2D eigenvalue weighted by Gasteiger charge is 2.23. The summed E-state index contributed by atoms with van der Waals surface area (Å²) in [5, 5.41) is 0. The Labute approximate surface area is 78.8 Å². The predicted molar refractivity (Wildman–Crippen MR) is 57.3 cm³/mol. The van der Waals surface area contributed by atoms with Crippen molar-refractivity contribution in [2.45, 2.75) is 60.8 Å². The molecule has 0 saturated carbocycles. The molecule has 0 fully saturated rings. The van der Waals surface area contributed by atoms with Gasteiger partial charge in [0.25, 0.3) is 0 Å². The van der Waals surface area contributed by atoms with Crippen LogP contribution in [0.25, 0.3) is 0 Å². The normalized spacial score (nSPS) is 15.2. The summed E-state index contributed by atoms with van der Waals surface area (Å²) in [6, 6.07) is 0. The Hall–Kier alpha value is 0. The van der Waals surface area contributed by atoms with Crippen molar-refractivity contribution in [2.75, 3.05) is 0 Å². The average molecular weight is 170 g/mol. The van der Waals surface area contributed by atoms with E-state index < -0.39 is 0 Å². The van der Waals surface area contributed by atoms with Crippen molar-refractivity contribution in [1.82, 2.24) is 0 Å². The zero-order chi connectivity index (χ0) is 9.78. The highest BCUT2D eigenvalue weighted by atomic mass is 14.3. The van der Waals surface area contributed by atoms with E-state index in [1.165, 1.54) is 19.3 Å². The molecule has 0 heterocycles. The topological polar surface area (TPSA) is 0 Å². The standard InChI is InChI=1S/C12H26/c1-7-12(6,8-2)9-11(5)10(3)4/h10-11H,7-9H2,1-6H3. The fraction of sp³-hybridized carbons (Fsp3) is 1.00. The van der Waals surface area contributed by atoms with Crippen LogP contribution in [-0.2, 0) is 0 Å². The van der Waals surface area contributed by atoms with Crippen molar-refractivity contribution >= 4 is 0 Å². The van der Waals surface area contributed by atoms with Crippen LogP contribution in [0.2, 0.25) is 0 Å². The number of hydrogen-bond acceptors (Lipinski definition) is 0. The molecule has 1 unspecified atom stereocenters. The minimum atomic E-state index is 0.587. The van der Waals surface area contributed by atoms with Crippen LogP contribution in [-0.4, -0.2) is 0 Å². The van der Waals surface area contributed by atoms with Gasteiger partial charge in [-0.25, -0.2) is 0 Å². The van der Waals surface area contributed by atoms with Gasteiger partial charge in [-0.3, -0.25) is 0 Å². The summed E-state index contributed by atoms with van der Waals surface area (Å²) >= 11 is 0. The van der Waals surface area contributed by atoms with Crippen LogP contribution in [0.15, 0.2) is 0 Å². The second-order valence-corrected chi connectivity index (χ2v) is 4.94. The van der Waals surface area contributed by atoms with E-state index in [0.717, 1.165) is 11.8 Å². The van der Waals surface area contributed by atoms with Crippen molar-refractivity contribution in [3.63, 3.8) is 0 Å². The van der Waals surface area contributed by atoms with Crippen LogP contribution >= 0.6 is 0 Å². The third kappa shape index (κ3) is 3.60. The van der Waals surface area contributed by atoms with Gasteiger partial charge in [-0.15, -0.1) is 0 Å². The second kappa shape index (κ2) is 4.89. The van der Waals surface area contributed by atoms with Gasteiger partial charge in [0, 0.05) is 0 Å². The first kappa shape index (κ1) is 12.0. The summed E-state index contributed by atoms with van der Waals surface area (Å²) in [5.41, 5.74) is 0.587. The van der Waals surface area contributed by atoms with Crippen molar-refractivity contribution in [3.8, 4) is 0 Å². The molecule has 0 aromatic carbocycles. The first-order valence-corrected chi connectivity index (χ1v) is 5.45. The Morgan fingerprint density at radius 1 is 1.00 bits per heavy atom. The third-order valence-corrected chi connectivity index (χ3v) is 3.66. The molecular formula is C12H26. The molecule has 0 bridgehead atoms. The maximum Gasteiger partial charge on any atom is -0.0328 e. The molecule has 12 heavy (non-hydrogen) atoms. The Morgan fingerprint density at radius 3 is 1.67 bits per heavy atom. The number of hydrogen-bond donors (Lipinski definition) is 0. The van der Waals surface area contributed by atoms with E-state index in [0.29, 0.717) is 5.41 Å². The Balaban J connectivity index is 4.02. The lowest BCUT2D eigenvalue weighted by Crippen LogP contribution is -2.20. The minimum Gasteiger partial charge on any atom is -0.0649 e. The summed E-state index contributed by atoms with van der Waals surface area (Å²) in [5.74, 6) is 1.71. The van der Waals surface area contributed by atoms with Crippen LogP contribution < -0.4 is 0 Å². The molecule has 0 rings (SSSR count). The van der Waals surface area contributed by atoms with Crippen molar-refractivity contribution in [3.05, 3.63) is 0 Å². The maximum absolute atomic E-state index is 2.42. The predicted octanol–water partition coefficient (Wildman–Crippen LogP) is 4.49. The highest BCUT2D eigenvalue weighted by Crippen LogP contribution is 2.35. The zero-order valence-corrected chi connectivity index (χ0v) is 9.78.